The van der Waals surface area contributed by atoms with Gasteiger partial charge >= 0.3 is 5.97 Å². The highest BCUT2D eigenvalue weighted by atomic mass is 32.2. The zero-order valence-corrected chi connectivity index (χ0v) is 15.3. The molecule has 0 radical (unpaired) electrons. The van der Waals surface area contributed by atoms with E-state index in [9.17, 15) is 13.2 Å². The molecule has 0 aliphatic carbocycles. The summed E-state index contributed by atoms with van der Waals surface area (Å²) >= 11 is 0. The topological polar surface area (TPSA) is 116 Å². The maximum atomic E-state index is 12.2. The summed E-state index contributed by atoms with van der Waals surface area (Å²) in [7, 11) is -3.26. The first-order valence-electron chi connectivity index (χ1n) is 8.09. The number of ether oxygens (including phenoxy) is 1. The molecule has 1 aromatic heterocycles. The van der Waals surface area contributed by atoms with Crippen LogP contribution >= 0.6 is 0 Å². The summed E-state index contributed by atoms with van der Waals surface area (Å²) in [6, 6.07) is 13.3. The molecule has 1 N–H and O–H groups in total. The lowest BCUT2D eigenvalue weighted by Gasteiger charge is -2.07. The van der Waals surface area contributed by atoms with Gasteiger partial charge < -0.3 is 4.74 Å². The fourth-order valence-corrected chi connectivity index (χ4v) is 2.76. The lowest BCUT2D eigenvalue weighted by atomic mass is 10.1. The number of aromatic nitrogens is 4. The molecule has 3 aromatic rings. The SMILES string of the molecule is CCS(=O)(=O)NCc1ccc(C(=O)Oc2ccc(-n3cnnn3)cc2)cc1. The van der Waals surface area contributed by atoms with E-state index < -0.39 is 16.0 Å². The fraction of sp³-hybridized carbons (Fsp3) is 0.176. The summed E-state index contributed by atoms with van der Waals surface area (Å²) in [5.41, 5.74) is 1.84. The van der Waals surface area contributed by atoms with Crippen LogP contribution in [0.2, 0.25) is 0 Å². The molecule has 10 heteroatoms. The van der Waals surface area contributed by atoms with Crippen LogP contribution in [0.25, 0.3) is 5.69 Å². The molecule has 1 heterocycles. The van der Waals surface area contributed by atoms with E-state index >= 15 is 0 Å². The number of sulfonamides is 1. The molecule has 3 rings (SSSR count). The number of carbonyl (C=O) groups excluding carboxylic acids is 1. The summed E-state index contributed by atoms with van der Waals surface area (Å²) in [6.45, 7) is 1.74. The molecule has 140 valence electrons. The van der Waals surface area contributed by atoms with Crippen molar-refractivity contribution in [2.45, 2.75) is 13.5 Å². The van der Waals surface area contributed by atoms with Crippen molar-refractivity contribution in [3.8, 4) is 11.4 Å². The Morgan fingerprint density at radius 2 is 1.81 bits per heavy atom. The van der Waals surface area contributed by atoms with Crippen LogP contribution in [-0.2, 0) is 16.6 Å². The molecule has 0 saturated heterocycles. The van der Waals surface area contributed by atoms with E-state index in [1.807, 2.05) is 0 Å². The Bertz CT molecular complexity index is 1000. The lowest BCUT2D eigenvalue weighted by Crippen LogP contribution is -2.24. The molecule has 0 unspecified atom stereocenters. The molecule has 0 spiro atoms. The summed E-state index contributed by atoms with van der Waals surface area (Å²) < 4.78 is 32.2. The minimum Gasteiger partial charge on any atom is -0.423 e. The number of rotatable bonds is 7. The number of nitrogens with zero attached hydrogens (tertiary/aromatic N) is 4. The van der Waals surface area contributed by atoms with Gasteiger partial charge in [0.2, 0.25) is 10.0 Å². The van der Waals surface area contributed by atoms with Crippen molar-refractivity contribution in [2.24, 2.45) is 0 Å². The molecule has 0 bridgehead atoms. The number of carbonyl (C=O) groups is 1. The van der Waals surface area contributed by atoms with E-state index in [1.165, 1.54) is 11.0 Å². The predicted molar refractivity (Wildman–Crippen MR) is 96.9 cm³/mol. The number of hydrogen-bond acceptors (Lipinski definition) is 7. The van der Waals surface area contributed by atoms with Gasteiger partial charge in [-0.3, -0.25) is 0 Å². The Hall–Kier alpha value is -3.11. The van der Waals surface area contributed by atoms with Crippen LogP contribution in [0.5, 0.6) is 5.75 Å². The lowest BCUT2D eigenvalue weighted by molar-refractivity contribution is 0.0734. The van der Waals surface area contributed by atoms with Gasteiger partial charge in [0.1, 0.15) is 12.1 Å². The van der Waals surface area contributed by atoms with Crippen LogP contribution in [0.3, 0.4) is 0 Å². The zero-order valence-electron chi connectivity index (χ0n) is 14.4. The highest BCUT2D eigenvalue weighted by Gasteiger charge is 2.10. The number of tetrazole rings is 1. The maximum absolute atomic E-state index is 12.2. The number of hydrogen-bond donors (Lipinski definition) is 1. The molecule has 9 nitrogen and oxygen atoms in total. The van der Waals surface area contributed by atoms with Gasteiger partial charge in [0.25, 0.3) is 0 Å². The van der Waals surface area contributed by atoms with E-state index in [0.29, 0.717) is 11.3 Å². The minimum atomic E-state index is -3.26. The molecule has 0 saturated carbocycles. The van der Waals surface area contributed by atoms with Crippen molar-refractivity contribution in [2.75, 3.05) is 5.75 Å². The predicted octanol–water partition coefficient (Wildman–Crippen LogP) is 1.32. The summed E-state index contributed by atoms with van der Waals surface area (Å²) in [5.74, 6) is -0.105. The average Bonchev–Trinajstić information content (AvgIpc) is 3.22. The summed E-state index contributed by atoms with van der Waals surface area (Å²) in [4.78, 5) is 12.2. The van der Waals surface area contributed by atoms with Crippen LogP contribution in [0.1, 0.15) is 22.8 Å². The second kappa shape index (κ2) is 8.06. The molecular formula is C17H17N5O4S. The second-order valence-corrected chi connectivity index (χ2v) is 7.65. The number of nitrogens with one attached hydrogen (secondary N) is 1. The molecule has 0 aliphatic rings. The Morgan fingerprint density at radius 3 is 2.41 bits per heavy atom. The van der Waals surface area contributed by atoms with Crippen LogP contribution < -0.4 is 9.46 Å². The Balaban J connectivity index is 1.61. The van der Waals surface area contributed by atoms with E-state index in [1.54, 1.807) is 55.5 Å². The van der Waals surface area contributed by atoms with Crippen LogP contribution in [-0.4, -0.2) is 40.3 Å². The van der Waals surface area contributed by atoms with E-state index in [-0.39, 0.29) is 12.3 Å². The average molecular weight is 387 g/mol. The van der Waals surface area contributed by atoms with Gasteiger partial charge in [0.05, 0.1) is 17.0 Å². The second-order valence-electron chi connectivity index (χ2n) is 5.56. The van der Waals surface area contributed by atoms with Gasteiger partial charge in [-0.05, 0) is 59.3 Å². The molecule has 2 aromatic carbocycles. The molecule has 0 atom stereocenters. The molecular weight excluding hydrogens is 370 g/mol. The smallest absolute Gasteiger partial charge is 0.343 e. The van der Waals surface area contributed by atoms with E-state index in [0.717, 1.165) is 11.3 Å². The van der Waals surface area contributed by atoms with Gasteiger partial charge in [-0.15, -0.1) is 5.10 Å². The summed E-state index contributed by atoms with van der Waals surface area (Å²) in [6.07, 6.45) is 1.46. The Morgan fingerprint density at radius 1 is 1.11 bits per heavy atom. The van der Waals surface area contributed by atoms with Crippen molar-refractivity contribution in [1.29, 1.82) is 0 Å². The van der Waals surface area contributed by atoms with Gasteiger partial charge in [0, 0.05) is 6.54 Å². The standard InChI is InChI=1S/C17H17N5O4S/c1-2-27(24,25)19-11-13-3-5-14(6-4-13)17(23)26-16-9-7-15(8-10-16)22-12-18-20-21-22/h3-10,12,19H,2,11H2,1H3. The van der Waals surface area contributed by atoms with E-state index in [4.69, 9.17) is 4.74 Å². The Labute approximate surface area is 156 Å². The van der Waals surface area contributed by atoms with Crippen molar-refractivity contribution >= 4 is 16.0 Å². The van der Waals surface area contributed by atoms with Gasteiger partial charge in [-0.2, -0.15) is 0 Å². The van der Waals surface area contributed by atoms with Crippen LogP contribution in [0.4, 0.5) is 0 Å². The normalized spacial score (nSPS) is 11.3. The van der Waals surface area contributed by atoms with Crippen LogP contribution in [0.15, 0.2) is 54.9 Å². The largest absolute Gasteiger partial charge is 0.423 e. The number of esters is 1. The third-order valence-corrected chi connectivity index (χ3v) is 5.07. The summed E-state index contributed by atoms with van der Waals surface area (Å²) in [5, 5.41) is 10.9. The van der Waals surface area contributed by atoms with Gasteiger partial charge in [-0.1, -0.05) is 12.1 Å². The van der Waals surface area contributed by atoms with Crippen molar-refractivity contribution in [3.05, 3.63) is 66.0 Å². The Kier molecular flexibility index (Phi) is 5.57. The highest BCUT2D eigenvalue weighted by molar-refractivity contribution is 7.89. The van der Waals surface area contributed by atoms with Crippen molar-refractivity contribution in [1.82, 2.24) is 24.9 Å². The first kappa shape index (κ1) is 18.7. The van der Waals surface area contributed by atoms with E-state index in [2.05, 4.69) is 20.2 Å². The third-order valence-electron chi connectivity index (χ3n) is 3.73. The highest BCUT2D eigenvalue weighted by Crippen LogP contribution is 2.16. The number of benzene rings is 2. The minimum absolute atomic E-state index is 0.0175. The third kappa shape index (κ3) is 4.96. The molecule has 27 heavy (non-hydrogen) atoms. The fourth-order valence-electron chi connectivity index (χ4n) is 2.17. The van der Waals surface area contributed by atoms with Gasteiger partial charge in [0.15, 0.2) is 0 Å². The molecule has 0 fully saturated rings. The van der Waals surface area contributed by atoms with Crippen molar-refractivity contribution in [3.63, 3.8) is 0 Å². The molecule has 0 aliphatic heterocycles. The quantitative estimate of drug-likeness (QED) is 0.480. The first-order chi connectivity index (χ1) is 13.0. The first-order valence-corrected chi connectivity index (χ1v) is 9.74. The monoisotopic (exact) mass is 387 g/mol. The van der Waals surface area contributed by atoms with Crippen molar-refractivity contribution < 1.29 is 17.9 Å². The maximum Gasteiger partial charge on any atom is 0.343 e. The van der Waals surface area contributed by atoms with Gasteiger partial charge in [-0.25, -0.2) is 22.6 Å². The van der Waals surface area contributed by atoms with Crippen LogP contribution in [0, 0.1) is 0 Å². The zero-order chi connectivity index (χ0) is 19.3. The molecule has 0 amide bonds.